The van der Waals surface area contributed by atoms with E-state index in [2.05, 4.69) is 50.6 Å². The molecule has 3 aliphatic rings. The summed E-state index contributed by atoms with van der Waals surface area (Å²) in [5.41, 5.74) is 14.7. The van der Waals surface area contributed by atoms with Gasteiger partial charge in [-0.2, -0.15) is 4.58 Å². The molecule has 1 amide bonds. The number of azide groups is 1. The molecule has 16 heteroatoms. The molecule has 56 heavy (non-hydrogen) atoms. The van der Waals surface area contributed by atoms with Crippen molar-refractivity contribution in [3.8, 4) is 0 Å². The fraction of sp³-hybridized carbons (Fsp3) is 0.450. The summed E-state index contributed by atoms with van der Waals surface area (Å²) >= 11 is 0. The number of fused-ring (bicyclic) bond motifs is 2. The molecule has 2 aromatic carbocycles. The first kappa shape index (κ1) is 45.8. The molecule has 0 saturated heterocycles. The van der Waals surface area contributed by atoms with Gasteiger partial charge in [-0.15, -0.1) is 0 Å². The Kier molecular flexibility index (Phi) is 15.4. The van der Waals surface area contributed by atoms with Gasteiger partial charge in [-0.1, -0.05) is 43.6 Å². The predicted octanol–water partition coefficient (Wildman–Crippen LogP) is 4.16. The molecule has 1 aliphatic carbocycles. The van der Waals surface area contributed by atoms with Gasteiger partial charge in [0.2, 0.25) is 11.6 Å². The minimum absolute atomic E-state index is 0. The maximum absolute atomic E-state index is 12.3. The van der Waals surface area contributed by atoms with E-state index >= 15 is 0 Å². The van der Waals surface area contributed by atoms with E-state index in [4.69, 9.17) is 5.53 Å². The number of unbranched alkanes of at least 4 members (excludes halogenated alkanes) is 2. The van der Waals surface area contributed by atoms with E-state index in [9.17, 15) is 30.7 Å². The third kappa shape index (κ3) is 10.6. The number of nitrogens with zero attached hydrogens (tertiary/aromatic N) is 5. The van der Waals surface area contributed by atoms with Gasteiger partial charge in [0.05, 0.1) is 15.2 Å². The van der Waals surface area contributed by atoms with Crippen molar-refractivity contribution in [1.82, 2.24) is 5.32 Å². The number of carbonyl (C=O) groups is 1. The van der Waals surface area contributed by atoms with Crippen molar-refractivity contribution in [1.29, 1.82) is 0 Å². The maximum atomic E-state index is 12.3. The molecule has 0 fully saturated rings. The van der Waals surface area contributed by atoms with Gasteiger partial charge < -0.3 is 19.3 Å². The van der Waals surface area contributed by atoms with Gasteiger partial charge in [-0.05, 0) is 111 Å². The van der Waals surface area contributed by atoms with Crippen molar-refractivity contribution in [2.45, 2.75) is 99.7 Å². The summed E-state index contributed by atoms with van der Waals surface area (Å²) in [6.07, 6.45) is 16.5. The molecule has 0 atom stereocenters. The fourth-order valence-corrected chi connectivity index (χ4v) is 8.77. The van der Waals surface area contributed by atoms with Crippen LogP contribution < -0.4 is 61.6 Å². The van der Waals surface area contributed by atoms with Gasteiger partial charge in [-0.25, -0.2) is 16.8 Å². The van der Waals surface area contributed by atoms with E-state index in [1.807, 2.05) is 39.3 Å². The molecular formula is C40H49KN6O7S2. The number of amides is 1. The van der Waals surface area contributed by atoms with E-state index in [1.54, 1.807) is 12.1 Å². The standard InChI is InChI=1S/C40H50N6O7S2.K/c1-39(2)32-26-30(54(48,49)50)16-18-34(32)45(5)36(39)20-14-28-11-9-12-29(25-28)15-21-37-40(3,4)33-27-31(55(51,52)53)17-19-35(33)46(37)24-8-6-7-13-38(47)42-22-10-23-43-44-41;/h14-21,25-27H,6-13,22-24H2,1-5H3,(H2-,42,47,48,49,50,51,52,53);/q;+1/p-1. The number of anilines is 1. The number of nitrogens with one attached hydrogen (secondary N) is 1. The largest absolute Gasteiger partial charge is 1.00 e. The van der Waals surface area contributed by atoms with Crippen LogP contribution in [0.15, 0.2) is 98.5 Å². The summed E-state index contributed by atoms with van der Waals surface area (Å²) < 4.78 is 73.2. The minimum Gasteiger partial charge on any atom is -0.744 e. The molecular weight excluding hydrogens is 780 g/mol. The number of hydrogen-bond donors (Lipinski definition) is 1. The van der Waals surface area contributed by atoms with E-state index in [0.29, 0.717) is 38.9 Å². The first-order chi connectivity index (χ1) is 25.9. The molecule has 0 unspecified atom stereocenters. The summed E-state index contributed by atoms with van der Waals surface area (Å²) in [7, 11) is -7.30. The zero-order chi connectivity index (χ0) is 40.2. The molecule has 0 radical (unpaired) electrons. The molecule has 294 valence electrons. The summed E-state index contributed by atoms with van der Waals surface area (Å²) in [6.45, 7) is 9.52. The summed E-state index contributed by atoms with van der Waals surface area (Å²) in [5, 5.41) is 6.32. The van der Waals surface area contributed by atoms with Crippen LogP contribution >= 0.6 is 0 Å². The monoisotopic (exact) mass is 828 g/mol. The Bertz CT molecular complexity index is 2290. The van der Waals surface area contributed by atoms with Gasteiger partial charge in [0.1, 0.15) is 27.3 Å². The normalized spacial score (nSPS) is 18.8. The van der Waals surface area contributed by atoms with Crippen molar-refractivity contribution in [2.24, 2.45) is 5.11 Å². The predicted molar refractivity (Wildman–Crippen MR) is 210 cm³/mol. The average Bonchev–Trinajstić information content (AvgIpc) is 3.45. The third-order valence-corrected chi connectivity index (χ3v) is 12.4. The molecule has 2 heterocycles. The second-order valence-corrected chi connectivity index (χ2v) is 18.0. The van der Waals surface area contributed by atoms with Crippen LogP contribution in [-0.4, -0.2) is 68.8 Å². The van der Waals surface area contributed by atoms with Crippen LogP contribution in [0.25, 0.3) is 10.4 Å². The second-order valence-electron chi connectivity index (χ2n) is 15.3. The van der Waals surface area contributed by atoms with Gasteiger partial charge >= 0.3 is 51.4 Å². The van der Waals surface area contributed by atoms with Crippen molar-refractivity contribution in [3.05, 3.63) is 105 Å². The van der Waals surface area contributed by atoms with Crippen LogP contribution in [-0.2, 0) is 35.9 Å². The average molecular weight is 829 g/mol. The molecule has 0 spiro atoms. The summed E-state index contributed by atoms with van der Waals surface area (Å²) in [5.74, 6) is -0.0448. The third-order valence-electron chi connectivity index (χ3n) is 10.8. The van der Waals surface area contributed by atoms with Crippen LogP contribution in [0, 0.1) is 0 Å². The minimum atomic E-state index is -4.65. The van der Waals surface area contributed by atoms with Crippen molar-refractivity contribution >= 4 is 43.2 Å². The van der Waals surface area contributed by atoms with E-state index in [-0.39, 0.29) is 67.1 Å². The number of hydrogen-bond acceptors (Lipinski definition) is 9. The molecule has 1 N–H and O–H groups in total. The SMILES string of the molecule is C[N+]1=C(C=CC2=CC(=CC=C3N(CCCCCC(=O)NCCCN=[N+]=[N-])c4ccc(S(=O)(=O)[O-])cc4C3(C)C)CCC2)C(C)(C)c2cc(S(=O)(=O)[O-])ccc21.[K+]. The molecule has 2 aliphatic heterocycles. The quantitative estimate of drug-likeness (QED) is 0.0525. The Morgan fingerprint density at radius 2 is 1.61 bits per heavy atom. The van der Waals surface area contributed by atoms with E-state index in [0.717, 1.165) is 77.2 Å². The number of benzene rings is 2. The first-order valence-electron chi connectivity index (χ1n) is 18.5. The van der Waals surface area contributed by atoms with Crippen LogP contribution in [0.5, 0.6) is 0 Å². The zero-order valence-corrected chi connectivity index (χ0v) is 37.8. The molecule has 0 bridgehead atoms. The topological polar surface area (TPSA) is 199 Å². The Morgan fingerprint density at radius 3 is 2.29 bits per heavy atom. The number of carbonyl (C=O) groups excluding carboxylic acids is 1. The van der Waals surface area contributed by atoms with Crippen LogP contribution in [0.4, 0.5) is 11.4 Å². The molecule has 13 nitrogen and oxygen atoms in total. The fourth-order valence-electron chi connectivity index (χ4n) is 7.78. The Morgan fingerprint density at radius 1 is 0.929 bits per heavy atom. The zero-order valence-electron chi connectivity index (χ0n) is 33.0. The van der Waals surface area contributed by atoms with Gasteiger partial charge in [0.25, 0.3) is 0 Å². The molecule has 5 rings (SSSR count). The smallest absolute Gasteiger partial charge is 0.744 e. The van der Waals surface area contributed by atoms with Gasteiger partial charge in [0, 0.05) is 65.5 Å². The molecule has 0 aromatic heterocycles. The molecule has 2 aromatic rings. The Hall–Kier alpha value is -2.89. The molecule has 0 saturated carbocycles. The second kappa shape index (κ2) is 18.8. The van der Waals surface area contributed by atoms with Crippen molar-refractivity contribution < 1.29 is 86.7 Å². The summed E-state index contributed by atoms with van der Waals surface area (Å²) in [4.78, 5) is 16.6. The van der Waals surface area contributed by atoms with Crippen LogP contribution in [0.2, 0.25) is 0 Å². The van der Waals surface area contributed by atoms with E-state index in [1.165, 1.54) is 24.3 Å². The number of allylic oxidation sites excluding steroid dienone is 8. The Labute approximate surface area is 373 Å². The maximum Gasteiger partial charge on any atom is 1.00 e. The first-order valence-corrected chi connectivity index (χ1v) is 21.3. The Balaban J connectivity index is 0.00000696. The van der Waals surface area contributed by atoms with Crippen molar-refractivity contribution in [2.75, 3.05) is 31.6 Å². The van der Waals surface area contributed by atoms with Gasteiger partial charge in [0.15, 0.2) is 5.71 Å². The van der Waals surface area contributed by atoms with E-state index < -0.39 is 31.1 Å². The summed E-state index contributed by atoms with van der Waals surface area (Å²) in [6, 6.07) is 9.08. The van der Waals surface area contributed by atoms with Crippen molar-refractivity contribution in [3.63, 3.8) is 0 Å². The van der Waals surface area contributed by atoms with Gasteiger partial charge in [-0.3, -0.25) is 4.79 Å². The van der Waals surface area contributed by atoms with Crippen LogP contribution in [0.3, 0.4) is 0 Å². The number of rotatable bonds is 15. The van der Waals surface area contributed by atoms with Crippen LogP contribution in [0.1, 0.15) is 90.2 Å².